The zero-order chi connectivity index (χ0) is 18.1. The number of hydrogen-bond acceptors (Lipinski definition) is 4. The smallest absolute Gasteiger partial charge is 0.417 e. The van der Waals surface area contributed by atoms with Gasteiger partial charge in [-0.1, -0.05) is 47.5 Å². The van der Waals surface area contributed by atoms with E-state index in [0.717, 1.165) is 11.1 Å². The van der Waals surface area contributed by atoms with Crippen LogP contribution in [0.5, 0.6) is 11.5 Å². The van der Waals surface area contributed by atoms with Crippen molar-refractivity contribution in [3.8, 4) is 11.5 Å². The molecule has 4 rings (SSSR count). The maximum Gasteiger partial charge on any atom is 0.450 e. The minimum Gasteiger partial charge on any atom is -0.417 e. The first-order chi connectivity index (χ1) is 12.6. The summed E-state index contributed by atoms with van der Waals surface area (Å²) in [6.45, 7) is 3.99. The van der Waals surface area contributed by atoms with Crippen molar-refractivity contribution in [3.63, 3.8) is 0 Å². The minimum atomic E-state index is -1.65. The fraction of sp³-hybridized carbons (Fsp3) is 0.136. The molecule has 0 aliphatic carbocycles. The van der Waals surface area contributed by atoms with E-state index in [2.05, 4.69) is 0 Å². The van der Waals surface area contributed by atoms with Gasteiger partial charge in [0.05, 0.1) is 11.1 Å². The average molecular weight is 346 g/mol. The first-order valence-corrected chi connectivity index (χ1v) is 8.40. The number of aryl methyl sites for hydroxylation is 2. The van der Waals surface area contributed by atoms with Gasteiger partial charge in [-0.3, -0.25) is 0 Å². The predicted molar refractivity (Wildman–Crippen MR) is 97.1 cm³/mol. The molecule has 0 unspecified atom stereocenters. The van der Waals surface area contributed by atoms with Crippen LogP contribution in [0, 0.1) is 13.8 Å². The third-order valence-corrected chi connectivity index (χ3v) is 4.25. The van der Waals surface area contributed by atoms with E-state index in [4.69, 9.17) is 14.2 Å². The second kappa shape index (κ2) is 6.23. The molecule has 4 nitrogen and oxygen atoms in total. The normalized spacial score (nSPS) is 14.5. The van der Waals surface area contributed by atoms with E-state index in [-0.39, 0.29) is 0 Å². The van der Waals surface area contributed by atoms with Crippen LogP contribution in [0.2, 0.25) is 0 Å². The van der Waals surface area contributed by atoms with Gasteiger partial charge >= 0.3 is 11.9 Å². The molecule has 1 aliphatic rings. The Morgan fingerprint density at radius 1 is 0.731 bits per heavy atom. The summed E-state index contributed by atoms with van der Waals surface area (Å²) < 4.78 is 17.8. The van der Waals surface area contributed by atoms with Crippen LogP contribution < -0.4 is 9.47 Å². The van der Waals surface area contributed by atoms with Crippen LogP contribution in [0.4, 0.5) is 0 Å². The Balaban J connectivity index is 1.78. The molecule has 0 atom stereocenters. The second-order valence-electron chi connectivity index (χ2n) is 6.32. The third-order valence-electron chi connectivity index (χ3n) is 4.25. The molecule has 3 aromatic rings. The van der Waals surface area contributed by atoms with Crippen LogP contribution in [0.1, 0.15) is 27.0 Å². The van der Waals surface area contributed by atoms with Crippen LogP contribution in [-0.4, -0.2) is 5.97 Å². The van der Waals surface area contributed by atoms with Crippen LogP contribution >= 0.6 is 0 Å². The lowest BCUT2D eigenvalue weighted by Gasteiger charge is -2.29. The van der Waals surface area contributed by atoms with E-state index in [1.54, 1.807) is 18.2 Å². The van der Waals surface area contributed by atoms with Crippen molar-refractivity contribution in [1.82, 2.24) is 0 Å². The summed E-state index contributed by atoms with van der Waals surface area (Å²) in [5, 5.41) is 0. The first kappa shape index (κ1) is 16.2. The van der Waals surface area contributed by atoms with Gasteiger partial charge in [-0.25, -0.2) is 4.79 Å². The number of cyclic esters (lactones) is 1. The fourth-order valence-corrected chi connectivity index (χ4v) is 2.86. The summed E-state index contributed by atoms with van der Waals surface area (Å²) in [5.41, 5.74) is 3.20. The Kier molecular flexibility index (Phi) is 3.88. The van der Waals surface area contributed by atoms with Crippen molar-refractivity contribution >= 4 is 5.97 Å². The Hall–Kier alpha value is -3.27. The number of rotatable bonds is 4. The van der Waals surface area contributed by atoms with Gasteiger partial charge < -0.3 is 14.2 Å². The Morgan fingerprint density at radius 3 is 1.77 bits per heavy atom. The molecule has 1 aliphatic heterocycles. The molecule has 0 amide bonds. The largest absolute Gasteiger partial charge is 0.450 e. The molecule has 1 heterocycles. The van der Waals surface area contributed by atoms with Crippen LogP contribution in [0.15, 0.2) is 72.8 Å². The number of benzene rings is 3. The highest BCUT2D eigenvalue weighted by Gasteiger charge is 2.51. The van der Waals surface area contributed by atoms with Gasteiger partial charge in [0.25, 0.3) is 0 Å². The number of hydrogen-bond donors (Lipinski definition) is 0. The lowest BCUT2D eigenvalue weighted by atomic mass is 10.1. The molecule has 26 heavy (non-hydrogen) atoms. The Labute approximate surface area is 152 Å². The van der Waals surface area contributed by atoms with Gasteiger partial charge in [0.1, 0.15) is 11.5 Å². The number of fused-ring (bicyclic) bond motifs is 1. The molecule has 0 saturated heterocycles. The molecule has 4 heteroatoms. The van der Waals surface area contributed by atoms with Crippen LogP contribution in [-0.2, 0) is 10.7 Å². The van der Waals surface area contributed by atoms with Crippen LogP contribution in [0.25, 0.3) is 0 Å². The molecular weight excluding hydrogens is 328 g/mol. The molecular formula is C22H18O4. The monoisotopic (exact) mass is 346 g/mol. The Bertz CT molecular complexity index is 895. The highest BCUT2D eigenvalue weighted by molar-refractivity contribution is 5.94. The number of carbonyl (C=O) groups is 1. The van der Waals surface area contributed by atoms with E-state index in [0.29, 0.717) is 22.6 Å². The molecule has 3 aromatic carbocycles. The Morgan fingerprint density at radius 2 is 1.23 bits per heavy atom. The van der Waals surface area contributed by atoms with E-state index in [1.807, 2.05) is 68.4 Å². The summed E-state index contributed by atoms with van der Waals surface area (Å²) in [4.78, 5) is 12.4. The molecule has 0 saturated carbocycles. The molecule has 0 bridgehead atoms. The standard InChI is InChI=1S/C22H18O4/c1-15-7-11-17(12-8-15)24-22(25-18-13-9-16(2)10-14-18)20-6-4-3-5-19(20)21(23)26-22/h3-14H,1-2H3. The molecule has 0 aromatic heterocycles. The highest BCUT2D eigenvalue weighted by Crippen LogP contribution is 2.40. The molecule has 130 valence electrons. The maximum atomic E-state index is 12.4. The van der Waals surface area contributed by atoms with Crippen molar-refractivity contribution in [2.24, 2.45) is 0 Å². The minimum absolute atomic E-state index is 0.437. The quantitative estimate of drug-likeness (QED) is 0.505. The molecule has 0 N–H and O–H groups in total. The fourth-order valence-electron chi connectivity index (χ4n) is 2.86. The van der Waals surface area contributed by atoms with Crippen molar-refractivity contribution in [2.45, 2.75) is 19.8 Å². The summed E-state index contributed by atoms with van der Waals surface area (Å²) in [6, 6.07) is 22.1. The summed E-state index contributed by atoms with van der Waals surface area (Å²) in [6.07, 6.45) is 0. The highest BCUT2D eigenvalue weighted by atomic mass is 16.9. The zero-order valence-electron chi connectivity index (χ0n) is 14.6. The summed E-state index contributed by atoms with van der Waals surface area (Å²) in [7, 11) is 0. The first-order valence-electron chi connectivity index (χ1n) is 8.40. The zero-order valence-corrected chi connectivity index (χ0v) is 14.6. The van der Waals surface area contributed by atoms with E-state index >= 15 is 0 Å². The number of ether oxygens (including phenoxy) is 3. The average Bonchev–Trinajstić information content (AvgIpc) is 2.91. The predicted octanol–water partition coefficient (Wildman–Crippen LogP) is 4.74. The topological polar surface area (TPSA) is 44.8 Å². The summed E-state index contributed by atoms with van der Waals surface area (Å²) in [5.74, 6) is -1.03. The van der Waals surface area contributed by atoms with Gasteiger partial charge in [-0.15, -0.1) is 0 Å². The van der Waals surface area contributed by atoms with Crippen molar-refractivity contribution in [2.75, 3.05) is 0 Å². The number of carbonyl (C=O) groups excluding carboxylic acids is 1. The van der Waals surface area contributed by atoms with Crippen molar-refractivity contribution < 1.29 is 19.0 Å². The molecule has 0 radical (unpaired) electrons. The maximum absolute atomic E-state index is 12.4. The van der Waals surface area contributed by atoms with Gasteiger partial charge in [-0.05, 0) is 50.2 Å². The van der Waals surface area contributed by atoms with Crippen molar-refractivity contribution in [3.05, 3.63) is 95.1 Å². The van der Waals surface area contributed by atoms with Crippen molar-refractivity contribution in [1.29, 1.82) is 0 Å². The number of esters is 1. The van der Waals surface area contributed by atoms with Gasteiger partial charge in [0.2, 0.25) is 0 Å². The lowest BCUT2D eigenvalue weighted by Crippen LogP contribution is -2.39. The molecule has 0 fully saturated rings. The van der Waals surface area contributed by atoms with E-state index in [1.165, 1.54) is 0 Å². The second-order valence-corrected chi connectivity index (χ2v) is 6.32. The van der Waals surface area contributed by atoms with Gasteiger partial charge in [0, 0.05) is 0 Å². The molecule has 0 spiro atoms. The van der Waals surface area contributed by atoms with E-state index in [9.17, 15) is 4.79 Å². The van der Waals surface area contributed by atoms with E-state index < -0.39 is 11.9 Å². The van der Waals surface area contributed by atoms with Gasteiger partial charge in [0.15, 0.2) is 0 Å². The van der Waals surface area contributed by atoms with Crippen LogP contribution in [0.3, 0.4) is 0 Å². The lowest BCUT2D eigenvalue weighted by molar-refractivity contribution is -0.272. The van der Waals surface area contributed by atoms with Gasteiger partial charge in [-0.2, -0.15) is 0 Å². The summed E-state index contributed by atoms with van der Waals surface area (Å²) >= 11 is 0. The third kappa shape index (κ3) is 2.90. The SMILES string of the molecule is Cc1ccc(OC2(Oc3ccc(C)cc3)OC(=O)c3ccccc32)cc1.